The van der Waals surface area contributed by atoms with Crippen molar-refractivity contribution >= 4 is 27.8 Å². The van der Waals surface area contributed by atoms with Crippen molar-refractivity contribution in [3.8, 4) is 5.75 Å². The Morgan fingerprint density at radius 1 is 1.24 bits per heavy atom. The van der Waals surface area contributed by atoms with Gasteiger partial charge in [0.1, 0.15) is 12.4 Å². The SMILES string of the molecule is COc1ccc(COC(=O)C2CCN(C(=O)C(C)(C)C)CC2)cc1Br. The number of halogens is 1. The van der Waals surface area contributed by atoms with Gasteiger partial charge in [-0.05, 0) is 46.5 Å². The fourth-order valence-electron chi connectivity index (χ4n) is 2.86. The number of rotatable bonds is 4. The highest BCUT2D eigenvalue weighted by molar-refractivity contribution is 9.10. The zero-order chi connectivity index (χ0) is 18.6. The molecular formula is C19H26BrNO4. The van der Waals surface area contributed by atoms with Crippen molar-refractivity contribution in [2.45, 2.75) is 40.2 Å². The quantitative estimate of drug-likeness (QED) is 0.707. The minimum Gasteiger partial charge on any atom is -0.496 e. The molecule has 138 valence electrons. The van der Waals surface area contributed by atoms with Crippen LogP contribution in [0, 0.1) is 11.3 Å². The van der Waals surface area contributed by atoms with Gasteiger partial charge in [-0.15, -0.1) is 0 Å². The minimum atomic E-state index is -0.380. The number of ether oxygens (including phenoxy) is 2. The van der Waals surface area contributed by atoms with Gasteiger partial charge in [0.2, 0.25) is 5.91 Å². The van der Waals surface area contributed by atoms with Gasteiger partial charge in [-0.3, -0.25) is 9.59 Å². The summed E-state index contributed by atoms with van der Waals surface area (Å²) >= 11 is 3.42. The third-order valence-electron chi connectivity index (χ3n) is 4.35. The summed E-state index contributed by atoms with van der Waals surface area (Å²) < 4.78 is 11.5. The number of amides is 1. The van der Waals surface area contributed by atoms with Gasteiger partial charge in [-0.2, -0.15) is 0 Å². The lowest BCUT2D eigenvalue weighted by Crippen LogP contribution is -2.45. The number of carbonyl (C=O) groups is 2. The number of hydrogen-bond acceptors (Lipinski definition) is 4. The van der Waals surface area contributed by atoms with E-state index in [4.69, 9.17) is 9.47 Å². The second-order valence-electron chi connectivity index (χ2n) is 7.39. The fourth-order valence-corrected chi connectivity index (χ4v) is 3.45. The lowest BCUT2D eigenvalue weighted by Gasteiger charge is -2.34. The van der Waals surface area contributed by atoms with Gasteiger partial charge >= 0.3 is 5.97 Å². The predicted molar refractivity (Wildman–Crippen MR) is 99.2 cm³/mol. The molecule has 1 aliphatic heterocycles. The Morgan fingerprint density at radius 3 is 2.40 bits per heavy atom. The number of methoxy groups -OCH3 is 1. The first-order chi connectivity index (χ1) is 11.7. The van der Waals surface area contributed by atoms with Crippen LogP contribution in [0.1, 0.15) is 39.2 Å². The average Bonchev–Trinajstić information content (AvgIpc) is 2.58. The third-order valence-corrected chi connectivity index (χ3v) is 4.97. The molecular weight excluding hydrogens is 386 g/mol. The molecule has 0 aromatic heterocycles. The normalized spacial score (nSPS) is 15.8. The molecule has 1 heterocycles. The molecule has 0 unspecified atom stereocenters. The van der Waals surface area contributed by atoms with E-state index >= 15 is 0 Å². The first-order valence-corrected chi connectivity index (χ1v) is 9.30. The molecule has 25 heavy (non-hydrogen) atoms. The van der Waals surface area contributed by atoms with Crippen molar-refractivity contribution < 1.29 is 19.1 Å². The lowest BCUT2D eigenvalue weighted by atomic mass is 9.91. The summed E-state index contributed by atoms with van der Waals surface area (Å²) in [5.41, 5.74) is 0.524. The van der Waals surface area contributed by atoms with Crippen LogP contribution in [0.3, 0.4) is 0 Å². The molecule has 0 aliphatic carbocycles. The Balaban J connectivity index is 1.83. The molecule has 1 aromatic rings. The second-order valence-corrected chi connectivity index (χ2v) is 8.25. The van der Waals surface area contributed by atoms with Crippen LogP contribution in [-0.2, 0) is 20.9 Å². The number of esters is 1. The van der Waals surface area contributed by atoms with E-state index in [9.17, 15) is 9.59 Å². The molecule has 1 aromatic carbocycles. The fraction of sp³-hybridized carbons (Fsp3) is 0.579. The van der Waals surface area contributed by atoms with Crippen LogP contribution >= 0.6 is 15.9 Å². The van der Waals surface area contributed by atoms with Crippen molar-refractivity contribution in [2.75, 3.05) is 20.2 Å². The Labute approximate surface area is 157 Å². The third kappa shape index (κ3) is 5.21. The van der Waals surface area contributed by atoms with Crippen LogP contribution < -0.4 is 4.74 Å². The molecule has 5 nitrogen and oxygen atoms in total. The van der Waals surface area contributed by atoms with Crippen molar-refractivity contribution in [3.63, 3.8) is 0 Å². The van der Waals surface area contributed by atoms with E-state index in [1.165, 1.54) is 0 Å². The average molecular weight is 412 g/mol. The molecule has 6 heteroatoms. The monoisotopic (exact) mass is 411 g/mol. The van der Waals surface area contributed by atoms with Crippen LogP contribution in [0.5, 0.6) is 5.75 Å². The molecule has 2 rings (SSSR count). The molecule has 0 atom stereocenters. The standard InChI is InChI=1S/C19H26BrNO4/c1-19(2,3)18(23)21-9-7-14(8-10-21)17(22)25-12-13-5-6-16(24-4)15(20)11-13/h5-6,11,14H,7-10,12H2,1-4H3. The second kappa shape index (κ2) is 8.21. The number of hydrogen-bond donors (Lipinski definition) is 0. The summed E-state index contributed by atoms with van der Waals surface area (Å²) in [6.45, 7) is 7.23. The first kappa shape index (κ1) is 19.8. The summed E-state index contributed by atoms with van der Waals surface area (Å²) in [5.74, 6) is 0.564. The first-order valence-electron chi connectivity index (χ1n) is 8.51. The van der Waals surface area contributed by atoms with Crippen molar-refractivity contribution in [2.24, 2.45) is 11.3 Å². The van der Waals surface area contributed by atoms with Crippen LogP contribution in [0.4, 0.5) is 0 Å². The molecule has 0 spiro atoms. The molecule has 0 N–H and O–H groups in total. The molecule has 1 saturated heterocycles. The van der Waals surface area contributed by atoms with E-state index < -0.39 is 0 Å². The summed E-state index contributed by atoms with van der Waals surface area (Å²) in [7, 11) is 1.61. The minimum absolute atomic E-state index is 0.134. The van der Waals surface area contributed by atoms with Crippen molar-refractivity contribution in [1.82, 2.24) is 4.90 Å². The molecule has 1 fully saturated rings. The van der Waals surface area contributed by atoms with Gasteiger partial charge in [0.05, 0.1) is 17.5 Å². The maximum atomic E-state index is 12.3. The zero-order valence-electron chi connectivity index (χ0n) is 15.3. The highest BCUT2D eigenvalue weighted by atomic mass is 79.9. The molecule has 1 aliphatic rings. The van der Waals surface area contributed by atoms with E-state index in [1.807, 2.05) is 43.9 Å². The Hall–Kier alpha value is -1.56. The lowest BCUT2D eigenvalue weighted by molar-refractivity contribution is -0.154. The smallest absolute Gasteiger partial charge is 0.309 e. The highest BCUT2D eigenvalue weighted by Gasteiger charge is 2.32. The number of carbonyl (C=O) groups excluding carboxylic acids is 2. The van der Waals surface area contributed by atoms with Crippen molar-refractivity contribution in [3.05, 3.63) is 28.2 Å². The maximum Gasteiger partial charge on any atom is 0.309 e. The van der Waals surface area contributed by atoms with Crippen LogP contribution in [0.25, 0.3) is 0 Å². The topological polar surface area (TPSA) is 55.8 Å². The zero-order valence-corrected chi connectivity index (χ0v) is 16.9. The van der Waals surface area contributed by atoms with Crippen LogP contribution in [0.15, 0.2) is 22.7 Å². The van der Waals surface area contributed by atoms with Crippen LogP contribution in [0.2, 0.25) is 0 Å². The molecule has 1 amide bonds. The summed E-state index contributed by atoms with van der Waals surface area (Å²) in [4.78, 5) is 26.4. The van der Waals surface area contributed by atoms with Gasteiger partial charge < -0.3 is 14.4 Å². The number of benzene rings is 1. The van der Waals surface area contributed by atoms with Gasteiger partial charge in [0.25, 0.3) is 0 Å². The van der Waals surface area contributed by atoms with Gasteiger partial charge in [-0.25, -0.2) is 0 Å². The Kier molecular flexibility index (Phi) is 6.49. The van der Waals surface area contributed by atoms with E-state index in [1.54, 1.807) is 7.11 Å². The molecule has 0 saturated carbocycles. The van der Waals surface area contributed by atoms with E-state index in [2.05, 4.69) is 15.9 Å². The summed E-state index contributed by atoms with van der Waals surface area (Å²) in [6.07, 6.45) is 1.32. The van der Waals surface area contributed by atoms with Gasteiger partial charge in [0.15, 0.2) is 0 Å². The Morgan fingerprint density at radius 2 is 1.88 bits per heavy atom. The van der Waals surface area contributed by atoms with Crippen molar-refractivity contribution in [1.29, 1.82) is 0 Å². The number of nitrogens with zero attached hydrogens (tertiary/aromatic N) is 1. The Bertz CT molecular complexity index is 631. The number of piperidine rings is 1. The van der Waals surface area contributed by atoms with Crippen LogP contribution in [-0.4, -0.2) is 37.0 Å². The number of likely N-dealkylation sites (tertiary alicyclic amines) is 1. The van der Waals surface area contributed by atoms with Gasteiger partial charge in [-0.1, -0.05) is 26.8 Å². The van der Waals surface area contributed by atoms with E-state index in [-0.39, 0.29) is 29.8 Å². The predicted octanol–water partition coefficient (Wildman–Crippen LogP) is 3.79. The molecule has 0 radical (unpaired) electrons. The summed E-state index contributed by atoms with van der Waals surface area (Å²) in [6, 6.07) is 5.60. The summed E-state index contributed by atoms with van der Waals surface area (Å²) in [5, 5.41) is 0. The van der Waals surface area contributed by atoms with E-state index in [0.29, 0.717) is 25.9 Å². The van der Waals surface area contributed by atoms with E-state index in [0.717, 1.165) is 15.8 Å². The largest absolute Gasteiger partial charge is 0.496 e. The maximum absolute atomic E-state index is 12.3. The highest BCUT2D eigenvalue weighted by Crippen LogP contribution is 2.27. The molecule has 0 bridgehead atoms. The van der Waals surface area contributed by atoms with Gasteiger partial charge in [0, 0.05) is 18.5 Å².